The number of piperazine rings is 1. The van der Waals surface area contributed by atoms with Crippen LogP contribution < -0.4 is 21.3 Å². The molecule has 0 saturated carbocycles. The molecule has 2 aliphatic heterocycles. The lowest BCUT2D eigenvalue weighted by atomic mass is 9.94. The van der Waals surface area contributed by atoms with Gasteiger partial charge in [0.15, 0.2) is 0 Å². The Morgan fingerprint density at radius 1 is 1.05 bits per heavy atom. The number of nitrogens with zero attached hydrogens (tertiary/aromatic N) is 5. The predicted octanol–water partition coefficient (Wildman–Crippen LogP) is 2.32. The van der Waals surface area contributed by atoms with E-state index in [1.54, 1.807) is 10.8 Å². The zero-order valence-corrected chi connectivity index (χ0v) is 20.6. The number of anilines is 3. The van der Waals surface area contributed by atoms with Crippen LogP contribution in [0.3, 0.4) is 0 Å². The quantitative estimate of drug-likeness (QED) is 0.375. The third kappa shape index (κ3) is 4.25. The van der Waals surface area contributed by atoms with Gasteiger partial charge in [0.1, 0.15) is 18.0 Å². The number of hydrogen-bond acceptors (Lipinski definition) is 7. The van der Waals surface area contributed by atoms with Gasteiger partial charge in [-0.3, -0.25) is 9.59 Å². The largest absolute Gasteiger partial charge is 0.368 e. The maximum absolute atomic E-state index is 12.9. The summed E-state index contributed by atoms with van der Waals surface area (Å²) in [5, 5.41) is 7.21. The maximum Gasteiger partial charge on any atom is 0.254 e. The number of nitrogens with one attached hydrogen (secondary N) is 2. The minimum absolute atomic E-state index is 0.0571. The van der Waals surface area contributed by atoms with Crippen molar-refractivity contribution in [1.29, 1.82) is 0 Å². The van der Waals surface area contributed by atoms with Crippen molar-refractivity contribution in [2.45, 2.75) is 13.1 Å². The Labute approximate surface area is 214 Å². The average Bonchev–Trinajstić information content (AvgIpc) is 3.49. The summed E-state index contributed by atoms with van der Waals surface area (Å²) in [5.74, 6) is 0.133. The molecule has 10 nitrogen and oxygen atoms in total. The monoisotopic (exact) mass is 496 g/mol. The van der Waals surface area contributed by atoms with Gasteiger partial charge in [-0.1, -0.05) is 6.07 Å². The van der Waals surface area contributed by atoms with E-state index < -0.39 is 5.91 Å². The fourth-order valence-electron chi connectivity index (χ4n) is 5.17. The molecular formula is C27H28N8O2. The number of rotatable bonds is 6. The minimum Gasteiger partial charge on any atom is -0.368 e. The molecule has 0 atom stereocenters. The molecule has 1 fully saturated rings. The zero-order chi connectivity index (χ0) is 25.5. The molecule has 0 bridgehead atoms. The Bertz CT molecular complexity index is 1500. The molecule has 3 aromatic heterocycles. The number of pyridine rings is 2. The highest BCUT2D eigenvalue weighted by molar-refractivity contribution is 6.07. The van der Waals surface area contributed by atoms with Crippen LogP contribution in [0.25, 0.3) is 22.2 Å². The predicted molar refractivity (Wildman–Crippen MR) is 143 cm³/mol. The molecule has 0 spiro atoms. The van der Waals surface area contributed by atoms with E-state index in [0.29, 0.717) is 29.3 Å². The van der Waals surface area contributed by atoms with E-state index in [2.05, 4.69) is 43.5 Å². The molecule has 5 heterocycles. The highest BCUT2D eigenvalue weighted by Gasteiger charge is 2.27. The van der Waals surface area contributed by atoms with Crippen molar-refractivity contribution in [3.63, 3.8) is 0 Å². The van der Waals surface area contributed by atoms with Crippen LogP contribution in [0.2, 0.25) is 0 Å². The second-order valence-corrected chi connectivity index (χ2v) is 9.52. The first-order chi connectivity index (χ1) is 18.0. The van der Waals surface area contributed by atoms with Crippen LogP contribution in [-0.2, 0) is 17.9 Å². The van der Waals surface area contributed by atoms with Gasteiger partial charge < -0.3 is 30.7 Å². The van der Waals surface area contributed by atoms with E-state index >= 15 is 0 Å². The van der Waals surface area contributed by atoms with Crippen LogP contribution in [0.15, 0.2) is 55.0 Å². The summed E-state index contributed by atoms with van der Waals surface area (Å²) < 4.78 is 1.73. The van der Waals surface area contributed by atoms with Gasteiger partial charge in [0.05, 0.1) is 23.1 Å². The highest BCUT2D eigenvalue weighted by Crippen LogP contribution is 2.37. The Kier molecular flexibility index (Phi) is 5.72. The van der Waals surface area contributed by atoms with Gasteiger partial charge in [-0.2, -0.15) is 0 Å². The smallest absolute Gasteiger partial charge is 0.254 e. The fraction of sp³-hybridized carbons (Fsp3) is 0.259. The first-order valence-electron chi connectivity index (χ1n) is 12.3. The number of hydrogen-bond donors (Lipinski definition) is 3. The van der Waals surface area contributed by atoms with Crippen molar-refractivity contribution in [3.8, 4) is 11.1 Å². The SMILES string of the molecule is CN1CCN(c2ccc(Nc3ccc(-c4ccnc5c4ccn5CC(N)=O)c4c3C(=O)NC4)nc2)CC1. The van der Waals surface area contributed by atoms with E-state index in [9.17, 15) is 9.59 Å². The van der Waals surface area contributed by atoms with Gasteiger partial charge in [0.2, 0.25) is 5.91 Å². The van der Waals surface area contributed by atoms with Gasteiger partial charge >= 0.3 is 0 Å². The number of primary amides is 1. The molecular weight excluding hydrogens is 468 g/mol. The molecule has 188 valence electrons. The van der Waals surface area contributed by atoms with Gasteiger partial charge in [-0.05, 0) is 54.1 Å². The summed E-state index contributed by atoms with van der Waals surface area (Å²) in [6, 6.07) is 11.8. The minimum atomic E-state index is -0.430. The summed E-state index contributed by atoms with van der Waals surface area (Å²) >= 11 is 0. The number of benzene rings is 1. The summed E-state index contributed by atoms with van der Waals surface area (Å²) in [6.07, 6.45) is 5.40. The molecule has 6 rings (SSSR count). The van der Waals surface area contributed by atoms with Crippen molar-refractivity contribution in [2.24, 2.45) is 5.73 Å². The Balaban J connectivity index is 1.31. The Hall–Kier alpha value is -4.44. The van der Waals surface area contributed by atoms with Crippen LogP contribution in [0.4, 0.5) is 17.2 Å². The fourth-order valence-corrected chi connectivity index (χ4v) is 5.17. The molecule has 1 saturated heterocycles. The zero-order valence-electron chi connectivity index (χ0n) is 20.6. The van der Waals surface area contributed by atoms with Crippen molar-refractivity contribution in [1.82, 2.24) is 24.8 Å². The van der Waals surface area contributed by atoms with Crippen LogP contribution in [-0.4, -0.2) is 64.5 Å². The summed E-state index contributed by atoms with van der Waals surface area (Å²) in [6.45, 7) is 4.52. The second-order valence-electron chi connectivity index (χ2n) is 9.52. The number of nitrogens with two attached hydrogens (primary N) is 1. The maximum atomic E-state index is 12.9. The van der Waals surface area contributed by atoms with Crippen molar-refractivity contribution in [2.75, 3.05) is 43.4 Å². The van der Waals surface area contributed by atoms with Crippen LogP contribution >= 0.6 is 0 Å². The standard InChI is InChI=1S/C27H28N8O2/c1-33-10-12-34(13-11-33)17-2-5-24(30-14-17)32-22-4-3-18(21-15-31-27(37)25(21)22)19-6-8-29-26-20(19)7-9-35(26)16-23(28)36/h2-9,14H,10-13,15-16H2,1H3,(H2,28,36)(H,30,32)(H,31,37). The van der Waals surface area contributed by atoms with E-state index in [4.69, 9.17) is 5.73 Å². The number of fused-ring (bicyclic) bond motifs is 2. The van der Waals surface area contributed by atoms with E-state index in [0.717, 1.165) is 53.9 Å². The Morgan fingerprint density at radius 2 is 1.89 bits per heavy atom. The molecule has 1 aromatic carbocycles. The van der Waals surface area contributed by atoms with Crippen molar-refractivity contribution < 1.29 is 9.59 Å². The number of aromatic nitrogens is 3. The first-order valence-corrected chi connectivity index (χ1v) is 12.3. The molecule has 0 radical (unpaired) electrons. The molecule has 2 aliphatic rings. The lowest BCUT2D eigenvalue weighted by Gasteiger charge is -2.33. The molecule has 4 aromatic rings. The normalized spacial score (nSPS) is 15.6. The number of carbonyl (C=O) groups is 2. The van der Waals surface area contributed by atoms with Crippen molar-refractivity contribution in [3.05, 3.63) is 66.1 Å². The van der Waals surface area contributed by atoms with Crippen molar-refractivity contribution >= 4 is 40.0 Å². The summed E-state index contributed by atoms with van der Waals surface area (Å²) in [5.41, 5.74) is 11.3. The van der Waals surface area contributed by atoms with E-state index in [1.165, 1.54) is 0 Å². The van der Waals surface area contributed by atoms with Gasteiger partial charge in [-0.15, -0.1) is 0 Å². The molecule has 10 heteroatoms. The lowest BCUT2D eigenvalue weighted by molar-refractivity contribution is -0.118. The third-order valence-corrected chi connectivity index (χ3v) is 7.12. The van der Waals surface area contributed by atoms with Gasteiger partial charge in [0, 0.05) is 50.5 Å². The van der Waals surface area contributed by atoms with Crippen LogP contribution in [0.5, 0.6) is 0 Å². The van der Waals surface area contributed by atoms with Gasteiger partial charge in [0.25, 0.3) is 5.91 Å². The lowest BCUT2D eigenvalue weighted by Crippen LogP contribution is -2.44. The summed E-state index contributed by atoms with van der Waals surface area (Å²) in [4.78, 5) is 38.1. The summed E-state index contributed by atoms with van der Waals surface area (Å²) in [7, 11) is 2.14. The molecule has 0 unspecified atom stereocenters. The number of amides is 2. The van der Waals surface area contributed by atoms with E-state index in [1.807, 2.05) is 42.7 Å². The Morgan fingerprint density at radius 3 is 2.65 bits per heavy atom. The third-order valence-electron chi connectivity index (χ3n) is 7.12. The van der Waals surface area contributed by atoms with E-state index in [-0.39, 0.29) is 12.5 Å². The first kappa shape index (κ1) is 23.0. The highest BCUT2D eigenvalue weighted by atomic mass is 16.2. The molecule has 2 amide bonds. The molecule has 0 aliphatic carbocycles. The number of likely N-dealkylation sites (N-methyl/N-ethyl adjacent to an activating group) is 1. The topological polar surface area (TPSA) is 121 Å². The second kappa shape index (κ2) is 9.21. The van der Waals surface area contributed by atoms with Gasteiger partial charge in [-0.25, -0.2) is 9.97 Å². The number of carbonyl (C=O) groups excluding carboxylic acids is 2. The molecule has 37 heavy (non-hydrogen) atoms. The van der Waals surface area contributed by atoms with Crippen LogP contribution in [0.1, 0.15) is 15.9 Å². The van der Waals surface area contributed by atoms with Crippen LogP contribution in [0, 0.1) is 0 Å². The molecule has 4 N–H and O–H groups in total. The average molecular weight is 497 g/mol.